The number of hydrogen-bond donors (Lipinski definition) is 1. The first-order valence-corrected chi connectivity index (χ1v) is 8.42. The minimum Gasteiger partial charge on any atom is -0.485 e. The number of rotatable bonds is 6. The highest BCUT2D eigenvalue weighted by atomic mass is 35.5. The zero-order valence-corrected chi connectivity index (χ0v) is 14.7. The van der Waals surface area contributed by atoms with Gasteiger partial charge in [0.25, 0.3) is 0 Å². The molecule has 1 heterocycles. The highest BCUT2D eigenvalue weighted by Gasteiger charge is 2.12. The molecular formula is C19H21ClN2O2. The average molecular weight is 345 g/mol. The van der Waals surface area contributed by atoms with E-state index in [4.69, 9.17) is 21.4 Å². The number of aliphatic hydroxyl groups excluding tert-OH is 1. The second-order valence-corrected chi connectivity index (χ2v) is 6.38. The lowest BCUT2D eigenvalue weighted by Crippen LogP contribution is -2.09. The molecule has 126 valence electrons. The van der Waals surface area contributed by atoms with Crippen LogP contribution in [0, 0.1) is 13.8 Å². The summed E-state index contributed by atoms with van der Waals surface area (Å²) in [6.45, 7) is 5.32. The molecule has 0 amide bonds. The van der Waals surface area contributed by atoms with E-state index in [1.807, 2.05) is 37.3 Å². The number of aryl methyl sites for hydroxylation is 3. The van der Waals surface area contributed by atoms with Gasteiger partial charge < -0.3 is 14.4 Å². The van der Waals surface area contributed by atoms with Gasteiger partial charge in [-0.1, -0.05) is 29.3 Å². The van der Waals surface area contributed by atoms with Crippen molar-refractivity contribution in [3.05, 3.63) is 58.4 Å². The van der Waals surface area contributed by atoms with Crippen molar-refractivity contribution in [3.8, 4) is 5.75 Å². The zero-order chi connectivity index (χ0) is 17.1. The Morgan fingerprint density at radius 1 is 1.17 bits per heavy atom. The van der Waals surface area contributed by atoms with Crippen LogP contribution in [0.4, 0.5) is 0 Å². The summed E-state index contributed by atoms with van der Waals surface area (Å²) < 4.78 is 8.07. The van der Waals surface area contributed by atoms with Gasteiger partial charge >= 0.3 is 0 Å². The molecule has 3 aromatic rings. The van der Waals surface area contributed by atoms with Crippen LogP contribution in [-0.4, -0.2) is 21.3 Å². The summed E-state index contributed by atoms with van der Waals surface area (Å²) in [6.07, 6.45) is 0.671. The number of benzene rings is 2. The minimum atomic E-state index is 0.143. The first kappa shape index (κ1) is 16.8. The van der Waals surface area contributed by atoms with E-state index in [9.17, 15) is 0 Å². The molecule has 2 aromatic carbocycles. The second kappa shape index (κ2) is 7.24. The normalized spacial score (nSPS) is 11.2. The number of aromatic nitrogens is 2. The first-order valence-electron chi connectivity index (χ1n) is 8.04. The number of halogens is 1. The molecule has 0 fully saturated rings. The van der Waals surface area contributed by atoms with E-state index in [1.165, 1.54) is 5.56 Å². The van der Waals surface area contributed by atoms with Crippen molar-refractivity contribution in [1.29, 1.82) is 0 Å². The predicted octanol–water partition coefficient (Wildman–Crippen LogP) is 4.27. The van der Waals surface area contributed by atoms with Crippen LogP contribution in [0.15, 0.2) is 36.4 Å². The fourth-order valence-corrected chi connectivity index (χ4v) is 3.01. The lowest BCUT2D eigenvalue weighted by atomic mass is 10.1. The van der Waals surface area contributed by atoms with Crippen LogP contribution >= 0.6 is 11.6 Å². The van der Waals surface area contributed by atoms with E-state index in [0.29, 0.717) is 24.6 Å². The summed E-state index contributed by atoms with van der Waals surface area (Å²) in [5, 5.41) is 9.82. The number of fused-ring (bicyclic) bond motifs is 1. The fourth-order valence-electron chi connectivity index (χ4n) is 2.84. The van der Waals surface area contributed by atoms with Crippen LogP contribution in [-0.2, 0) is 13.2 Å². The van der Waals surface area contributed by atoms with Crippen molar-refractivity contribution < 1.29 is 9.84 Å². The third-order valence-electron chi connectivity index (χ3n) is 4.02. The summed E-state index contributed by atoms with van der Waals surface area (Å²) in [5.74, 6) is 1.69. The molecule has 0 unspecified atom stereocenters. The van der Waals surface area contributed by atoms with Gasteiger partial charge in [-0.2, -0.15) is 0 Å². The van der Waals surface area contributed by atoms with Crippen LogP contribution < -0.4 is 4.74 Å². The van der Waals surface area contributed by atoms with Gasteiger partial charge in [-0.05, 0) is 50.1 Å². The highest BCUT2D eigenvalue weighted by Crippen LogP contribution is 2.24. The Bertz CT molecular complexity index is 858. The molecule has 0 atom stereocenters. The van der Waals surface area contributed by atoms with E-state index >= 15 is 0 Å². The number of imidazole rings is 1. The predicted molar refractivity (Wildman–Crippen MR) is 96.7 cm³/mol. The molecule has 0 aliphatic carbocycles. The van der Waals surface area contributed by atoms with E-state index in [0.717, 1.165) is 28.2 Å². The summed E-state index contributed by atoms with van der Waals surface area (Å²) >= 11 is 6.07. The number of nitrogens with zero attached hydrogens (tertiary/aromatic N) is 2. The van der Waals surface area contributed by atoms with E-state index < -0.39 is 0 Å². The molecule has 0 aliphatic rings. The smallest absolute Gasteiger partial charge is 0.148 e. The monoisotopic (exact) mass is 344 g/mol. The first-order chi connectivity index (χ1) is 11.6. The largest absolute Gasteiger partial charge is 0.485 e. The maximum atomic E-state index is 9.16. The van der Waals surface area contributed by atoms with Crippen LogP contribution in [0.2, 0.25) is 5.02 Å². The molecule has 5 heteroatoms. The second-order valence-electron chi connectivity index (χ2n) is 5.95. The van der Waals surface area contributed by atoms with Crippen molar-refractivity contribution in [1.82, 2.24) is 9.55 Å². The van der Waals surface area contributed by atoms with Gasteiger partial charge in [-0.15, -0.1) is 0 Å². The fraction of sp³-hybridized carbons (Fsp3) is 0.316. The highest BCUT2D eigenvalue weighted by molar-refractivity contribution is 6.31. The number of hydrogen-bond acceptors (Lipinski definition) is 3. The quantitative estimate of drug-likeness (QED) is 0.726. The summed E-state index contributed by atoms with van der Waals surface area (Å²) in [7, 11) is 0. The topological polar surface area (TPSA) is 47.3 Å². The standard InChI is InChI=1S/C19H21ClN2O2/c1-13-4-7-18(14(2)10-13)24-12-19-21-16-11-15(20)5-6-17(16)22(19)8-3-9-23/h4-7,10-11,23H,3,8-9,12H2,1-2H3. The average Bonchev–Trinajstić information content (AvgIpc) is 2.88. The number of ether oxygens (including phenoxy) is 1. The van der Waals surface area contributed by atoms with Crippen molar-refractivity contribution >= 4 is 22.6 Å². The van der Waals surface area contributed by atoms with Crippen molar-refractivity contribution in [2.24, 2.45) is 0 Å². The molecule has 0 aliphatic heterocycles. The third kappa shape index (κ3) is 3.55. The van der Waals surface area contributed by atoms with Crippen molar-refractivity contribution in [2.45, 2.75) is 33.4 Å². The van der Waals surface area contributed by atoms with E-state index in [2.05, 4.69) is 22.5 Å². The maximum absolute atomic E-state index is 9.16. The number of aliphatic hydroxyl groups is 1. The van der Waals surface area contributed by atoms with Crippen LogP contribution in [0.5, 0.6) is 5.75 Å². The molecule has 0 bridgehead atoms. The Morgan fingerprint density at radius 3 is 2.75 bits per heavy atom. The molecule has 0 radical (unpaired) electrons. The van der Waals surface area contributed by atoms with Gasteiger partial charge in [0.1, 0.15) is 18.2 Å². The van der Waals surface area contributed by atoms with Gasteiger partial charge in [0.15, 0.2) is 0 Å². The summed E-state index contributed by atoms with van der Waals surface area (Å²) in [6, 6.07) is 11.8. The lowest BCUT2D eigenvalue weighted by molar-refractivity contribution is 0.269. The molecule has 24 heavy (non-hydrogen) atoms. The van der Waals surface area contributed by atoms with Crippen LogP contribution in [0.25, 0.3) is 11.0 Å². The molecule has 0 spiro atoms. The van der Waals surface area contributed by atoms with Gasteiger partial charge in [0.2, 0.25) is 0 Å². The Balaban J connectivity index is 1.89. The van der Waals surface area contributed by atoms with E-state index in [1.54, 1.807) is 0 Å². The van der Waals surface area contributed by atoms with Gasteiger partial charge in [-0.3, -0.25) is 0 Å². The van der Waals surface area contributed by atoms with Crippen LogP contribution in [0.1, 0.15) is 23.4 Å². The third-order valence-corrected chi connectivity index (χ3v) is 4.25. The van der Waals surface area contributed by atoms with Crippen molar-refractivity contribution in [2.75, 3.05) is 6.61 Å². The Morgan fingerprint density at radius 2 is 2.00 bits per heavy atom. The summed E-state index contributed by atoms with van der Waals surface area (Å²) in [5.41, 5.74) is 4.17. The molecule has 4 nitrogen and oxygen atoms in total. The summed E-state index contributed by atoms with van der Waals surface area (Å²) in [4.78, 5) is 4.66. The zero-order valence-electron chi connectivity index (χ0n) is 13.9. The van der Waals surface area contributed by atoms with Gasteiger partial charge in [0.05, 0.1) is 11.0 Å². The molecule has 3 rings (SSSR count). The molecule has 1 aromatic heterocycles. The molecule has 0 saturated carbocycles. The van der Waals surface area contributed by atoms with Gasteiger partial charge in [0, 0.05) is 18.2 Å². The Labute approximate surface area is 146 Å². The SMILES string of the molecule is Cc1ccc(OCc2nc3cc(Cl)ccc3n2CCCO)c(C)c1. The maximum Gasteiger partial charge on any atom is 0.148 e. The van der Waals surface area contributed by atoms with Crippen LogP contribution in [0.3, 0.4) is 0 Å². The Hall–Kier alpha value is -2.04. The van der Waals surface area contributed by atoms with E-state index in [-0.39, 0.29) is 6.61 Å². The lowest BCUT2D eigenvalue weighted by Gasteiger charge is -2.12. The van der Waals surface area contributed by atoms with Gasteiger partial charge in [-0.25, -0.2) is 4.98 Å². The molecule has 1 N–H and O–H groups in total. The Kier molecular flexibility index (Phi) is 5.07. The molecule has 0 saturated heterocycles. The minimum absolute atomic E-state index is 0.143. The molecular weight excluding hydrogens is 324 g/mol. The van der Waals surface area contributed by atoms with Crippen molar-refractivity contribution in [3.63, 3.8) is 0 Å².